The van der Waals surface area contributed by atoms with Crippen molar-refractivity contribution in [3.8, 4) is 11.5 Å². The molecule has 1 nitrogen and oxygen atoms in total. The molecular formula is C57H64OP2. The average molecular weight is 827 g/mol. The highest BCUT2D eigenvalue weighted by atomic mass is 31.1. The standard InChI is InChI=1S/C57H64OP2/c1-39(2)47-35-33-41(5)37-51(47)57(52-38-42(6)34-36-48(52)40(3)4)49-29-19-31-53(59(43-21-11-7-12-22-43)44-23-13-8-14-24-44)55(49)58-56-50(57)30-20-32-54(56)60(45-25-15-9-16-26-45)46-27-17-10-18-28-46/h7-32,39-42,47-48,51-52H,33-38H2,1-6H3. The Balaban J connectivity index is 1.43. The third-order valence-corrected chi connectivity index (χ3v) is 19.8. The average Bonchev–Trinajstić information content (AvgIpc) is 3.27. The lowest BCUT2D eigenvalue weighted by molar-refractivity contribution is -0.00410. The van der Waals surface area contributed by atoms with Gasteiger partial charge in [-0.3, -0.25) is 0 Å². The van der Waals surface area contributed by atoms with Crippen LogP contribution < -0.4 is 36.6 Å². The zero-order valence-corrected chi connectivity index (χ0v) is 38.5. The number of hydrogen-bond donors (Lipinski definition) is 0. The molecule has 0 saturated heterocycles. The van der Waals surface area contributed by atoms with Crippen LogP contribution in [0.1, 0.15) is 91.2 Å². The van der Waals surface area contributed by atoms with Gasteiger partial charge >= 0.3 is 0 Å². The van der Waals surface area contributed by atoms with Gasteiger partial charge in [-0.05, 0) is 110 Å². The molecule has 9 rings (SSSR count). The first-order valence-electron chi connectivity index (χ1n) is 23.0. The predicted octanol–water partition coefficient (Wildman–Crippen LogP) is 13.0. The summed E-state index contributed by atoms with van der Waals surface area (Å²) >= 11 is 0. The summed E-state index contributed by atoms with van der Waals surface area (Å²) in [5.41, 5.74) is 2.73. The van der Waals surface area contributed by atoms with E-state index in [0.29, 0.717) is 47.3 Å². The molecule has 60 heavy (non-hydrogen) atoms. The number of hydrogen-bond acceptors (Lipinski definition) is 1. The van der Waals surface area contributed by atoms with Crippen molar-refractivity contribution >= 4 is 47.7 Å². The van der Waals surface area contributed by atoms with Crippen LogP contribution >= 0.6 is 15.8 Å². The van der Waals surface area contributed by atoms with Gasteiger partial charge < -0.3 is 4.74 Å². The van der Waals surface area contributed by atoms with E-state index in [2.05, 4.69) is 199 Å². The Morgan fingerprint density at radius 2 is 0.767 bits per heavy atom. The van der Waals surface area contributed by atoms with Gasteiger partial charge in [0.15, 0.2) is 0 Å². The van der Waals surface area contributed by atoms with Crippen LogP contribution in [-0.2, 0) is 5.41 Å². The largest absolute Gasteiger partial charge is 0.455 e. The van der Waals surface area contributed by atoms with Crippen LogP contribution in [-0.4, -0.2) is 0 Å². The Labute approximate surface area is 363 Å². The van der Waals surface area contributed by atoms with Gasteiger partial charge in [0.25, 0.3) is 0 Å². The minimum atomic E-state index is -0.923. The van der Waals surface area contributed by atoms with E-state index in [-0.39, 0.29) is 5.41 Å². The predicted molar refractivity (Wildman–Crippen MR) is 261 cm³/mol. The van der Waals surface area contributed by atoms with Crippen LogP contribution in [0.25, 0.3) is 0 Å². The van der Waals surface area contributed by atoms with Crippen LogP contribution in [0.4, 0.5) is 0 Å². The minimum Gasteiger partial charge on any atom is -0.455 e. The van der Waals surface area contributed by atoms with Gasteiger partial charge in [0.2, 0.25) is 0 Å². The summed E-state index contributed by atoms with van der Waals surface area (Å²) in [5.74, 6) is 7.05. The molecule has 6 atom stereocenters. The van der Waals surface area contributed by atoms with Gasteiger partial charge in [0, 0.05) is 27.2 Å². The molecule has 1 aliphatic heterocycles. The van der Waals surface area contributed by atoms with Gasteiger partial charge in [0.1, 0.15) is 11.5 Å². The number of benzene rings is 6. The fraction of sp³-hybridized carbons (Fsp3) is 0.368. The quantitative estimate of drug-likeness (QED) is 0.125. The lowest BCUT2D eigenvalue weighted by atomic mass is 9.45. The second kappa shape index (κ2) is 17.8. The molecule has 0 N–H and O–H groups in total. The maximum atomic E-state index is 8.00. The first-order valence-corrected chi connectivity index (χ1v) is 25.7. The highest BCUT2D eigenvalue weighted by Crippen LogP contribution is 2.66. The molecule has 3 aliphatic rings. The smallest absolute Gasteiger partial charge is 0.139 e. The Morgan fingerprint density at radius 3 is 1.08 bits per heavy atom. The molecule has 0 amide bonds. The Kier molecular flexibility index (Phi) is 12.2. The van der Waals surface area contributed by atoms with Crippen molar-refractivity contribution < 1.29 is 4.74 Å². The van der Waals surface area contributed by atoms with E-state index in [1.54, 1.807) is 0 Å². The summed E-state index contributed by atoms with van der Waals surface area (Å²) < 4.78 is 8.00. The fourth-order valence-corrected chi connectivity index (χ4v) is 17.0. The first kappa shape index (κ1) is 41.3. The molecule has 1 heterocycles. The van der Waals surface area contributed by atoms with Gasteiger partial charge in [-0.2, -0.15) is 0 Å². The maximum Gasteiger partial charge on any atom is 0.139 e. The molecule has 308 valence electrons. The highest BCUT2D eigenvalue weighted by molar-refractivity contribution is 7.80. The lowest BCUT2D eigenvalue weighted by Crippen LogP contribution is -2.55. The van der Waals surface area contributed by atoms with Crippen molar-refractivity contribution in [2.75, 3.05) is 0 Å². The topological polar surface area (TPSA) is 9.23 Å². The van der Waals surface area contributed by atoms with Gasteiger partial charge in [-0.25, -0.2) is 0 Å². The molecule has 0 spiro atoms. The fourth-order valence-electron chi connectivity index (χ4n) is 12.2. The van der Waals surface area contributed by atoms with E-state index < -0.39 is 15.8 Å². The van der Waals surface area contributed by atoms with E-state index in [1.807, 2.05) is 0 Å². The van der Waals surface area contributed by atoms with Crippen LogP contribution in [0.5, 0.6) is 11.5 Å². The van der Waals surface area contributed by atoms with Crippen LogP contribution in [0, 0.1) is 47.3 Å². The van der Waals surface area contributed by atoms with E-state index in [1.165, 1.54) is 81.5 Å². The molecular weight excluding hydrogens is 763 g/mol. The molecule has 2 saturated carbocycles. The highest BCUT2D eigenvalue weighted by Gasteiger charge is 2.59. The molecule has 0 radical (unpaired) electrons. The Hall–Kier alpha value is -4.02. The molecule has 0 aromatic heterocycles. The molecule has 2 aliphatic carbocycles. The summed E-state index contributed by atoms with van der Waals surface area (Å²) in [4.78, 5) is 0. The monoisotopic (exact) mass is 826 g/mol. The minimum absolute atomic E-state index is 0.217. The second-order valence-electron chi connectivity index (χ2n) is 19.2. The van der Waals surface area contributed by atoms with E-state index in [9.17, 15) is 0 Å². The summed E-state index contributed by atoms with van der Waals surface area (Å²) in [6.45, 7) is 15.3. The van der Waals surface area contributed by atoms with Crippen LogP contribution in [0.15, 0.2) is 158 Å². The molecule has 3 heteroatoms. The molecule has 2 fully saturated rings. The van der Waals surface area contributed by atoms with Gasteiger partial charge in [-0.15, -0.1) is 0 Å². The van der Waals surface area contributed by atoms with Gasteiger partial charge in [0.05, 0.1) is 0 Å². The van der Waals surface area contributed by atoms with Crippen molar-refractivity contribution in [2.24, 2.45) is 47.3 Å². The molecule has 6 aromatic rings. The van der Waals surface area contributed by atoms with Gasteiger partial charge in [-0.1, -0.05) is 212 Å². The van der Waals surface area contributed by atoms with Crippen molar-refractivity contribution in [3.05, 3.63) is 169 Å². The summed E-state index contributed by atoms with van der Waals surface area (Å²) in [7, 11) is -1.85. The Morgan fingerprint density at radius 1 is 0.433 bits per heavy atom. The first-order chi connectivity index (χ1) is 29.3. The van der Waals surface area contributed by atoms with E-state index >= 15 is 0 Å². The van der Waals surface area contributed by atoms with Crippen LogP contribution in [0.2, 0.25) is 0 Å². The molecule has 6 aromatic carbocycles. The third kappa shape index (κ3) is 7.52. The zero-order chi connectivity index (χ0) is 41.4. The van der Waals surface area contributed by atoms with E-state index in [0.717, 1.165) is 11.5 Å². The number of ether oxygens (including phenoxy) is 1. The van der Waals surface area contributed by atoms with Crippen LogP contribution in [0.3, 0.4) is 0 Å². The van der Waals surface area contributed by atoms with Crippen molar-refractivity contribution in [2.45, 2.75) is 85.5 Å². The summed E-state index contributed by atoms with van der Waals surface area (Å²) in [6, 6.07) is 60.1. The number of fused-ring (bicyclic) bond motifs is 2. The molecule has 0 bridgehead atoms. The second-order valence-corrected chi connectivity index (χ2v) is 23.5. The molecule has 6 unspecified atom stereocenters. The summed E-state index contributed by atoms with van der Waals surface area (Å²) in [5, 5.41) is 8.18. The third-order valence-electron chi connectivity index (χ3n) is 14.8. The maximum absolute atomic E-state index is 8.00. The zero-order valence-electron chi connectivity index (χ0n) is 36.7. The van der Waals surface area contributed by atoms with Crippen molar-refractivity contribution in [3.63, 3.8) is 0 Å². The lowest BCUT2D eigenvalue weighted by Gasteiger charge is -2.59. The van der Waals surface area contributed by atoms with Crippen molar-refractivity contribution in [1.82, 2.24) is 0 Å². The summed E-state index contributed by atoms with van der Waals surface area (Å²) in [6.07, 6.45) is 7.74. The number of para-hydroxylation sites is 2. The van der Waals surface area contributed by atoms with Crippen molar-refractivity contribution in [1.29, 1.82) is 0 Å². The SMILES string of the molecule is CC1CCC(C(C)C)C(C2(C3CC(C)CCC3C(C)C)c3cccc(P(c4ccccc4)c4ccccc4)c3Oc3c(P(c4ccccc4)c4ccccc4)cccc32)C1. The number of rotatable bonds is 10. The normalized spacial score (nSPS) is 23.6. The van der Waals surface area contributed by atoms with E-state index in [4.69, 9.17) is 4.74 Å². The Bertz CT molecular complexity index is 2090.